The van der Waals surface area contributed by atoms with E-state index >= 15 is 0 Å². The van der Waals surface area contributed by atoms with Crippen molar-refractivity contribution < 1.29 is 16.8 Å². The van der Waals surface area contributed by atoms with E-state index in [9.17, 15) is 16.8 Å². The van der Waals surface area contributed by atoms with Crippen molar-refractivity contribution >= 4 is 36.0 Å². The summed E-state index contributed by atoms with van der Waals surface area (Å²) < 4.78 is 52.3. The average Bonchev–Trinajstić information content (AvgIpc) is 2.37. The van der Waals surface area contributed by atoms with Gasteiger partial charge >= 0.3 is 0 Å². The minimum Gasteiger partial charge on any atom is -0.213 e. The zero-order valence-electron chi connectivity index (χ0n) is 11.5. The summed E-state index contributed by atoms with van der Waals surface area (Å²) in [4.78, 5) is 0.161. The van der Waals surface area contributed by atoms with Gasteiger partial charge in [-0.3, -0.25) is 0 Å². The molecule has 1 fully saturated rings. The van der Waals surface area contributed by atoms with Crippen molar-refractivity contribution in [3.05, 3.63) is 28.7 Å². The molecule has 0 bridgehead atoms. The molecule has 0 radical (unpaired) electrons. The van der Waals surface area contributed by atoms with Crippen LogP contribution in [0.15, 0.2) is 33.6 Å². The van der Waals surface area contributed by atoms with Gasteiger partial charge in [0.25, 0.3) is 0 Å². The molecule has 0 saturated carbocycles. The Labute approximate surface area is 133 Å². The summed E-state index contributed by atoms with van der Waals surface area (Å²) in [5, 5.41) is 0. The first-order valence-electron chi connectivity index (χ1n) is 6.41. The van der Waals surface area contributed by atoms with Gasteiger partial charge in [-0.05, 0) is 31.0 Å². The quantitative estimate of drug-likeness (QED) is 0.826. The van der Waals surface area contributed by atoms with Crippen LogP contribution in [0.25, 0.3) is 0 Å². The third-order valence-electron chi connectivity index (χ3n) is 3.28. The van der Waals surface area contributed by atoms with Gasteiger partial charge in [0.1, 0.15) is 0 Å². The molecule has 2 rings (SSSR count). The van der Waals surface area contributed by atoms with Crippen molar-refractivity contribution in [2.45, 2.75) is 23.8 Å². The lowest BCUT2D eigenvalue weighted by Gasteiger charge is -2.31. The topological polar surface area (TPSA) is 83.6 Å². The summed E-state index contributed by atoms with van der Waals surface area (Å²) in [5.74, 6) is 0. The first kappa shape index (κ1) is 16.9. The van der Waals surface area contributed by atoms with Crippen molar-refractivity contribution in [3.63, 3.8) is 0 Å². The Morgan fingerprint density at radius 3 is 2.62 bits per heavy atom. The molecule has 6 nitrogen and oxygen atoms in total. The molecule has 0 amide bonds. The average molecular weight is 397 g/mol. The van der Waals surface area contributed by atoms with Crippen molar-refractivity contribution in [2.24, 2.45) is 0 Å². The SMILES string of the molecule is CS(=O)(=O)N1CCCC(NS(=O)(=O)c2cccc(Br)c2)C1. The number of rotatable bonds is 4. The smallest absolute Gasteiger partial charge is 0.213 e. The van der Waals surface area contributed by atoms with Gasteiger partial charge in [-0.1, -0.05) is 22.0 Å². The van der Waals surface area contributed by atoms with Crippen LogP contribution in [0, 0.1) is 0 Å². The van der Waals surface area contributed by atoms with Crippen LogP contribution in [-0.2, 0) is 20.0 Å². The summed E-state index contributed by atoms with van der Waals surface area (Å²) in [7, 11) is -6.95. The van der Waals surface area contributed by atoms with Crippen LogP contribution in [0.1, 0.15) is 12.8 Å². The van der Waals surface area contributed by atoms with Crippen molar-refractivity contribution in [2.75, 3.05) is 19.3 Å². The maximum Gasteiger partial charge on any atom is 0.240 e. The molecule has 1 N–H and O–H groups in total. The fourth-order valence-electron chi connectivity index (χ4n) is 2.26. The van der Waals surface area contributed by atoms with Crippen LogP contribution in [0.5, 0.6) is 0 Å². The maximum absolute atomic E-state index is 12.3. The number of halogens is 1. The second kappa shape index (κ2) is 6.33. The molecule has 0 aliphatic carbocycles. The molecule has 1 atom stereocenters. The van der Waals surface area contributed by atoms with E-state index in [0.29, 0.717) is 23.9 Å². The lowest BCUT2D eigenvalue weighted by Crippen LogP contribution is -2.49. The van der Waals surface area contributed by atoms with Gasteiger partial charge in [0.2, 0.25) is 20.0 Å². The summed E-state index contributed by atoms with van der Waals surface area (Å²) >= 11 is 3.24. The van der Waals surface area contributed by atoms with E-state index in [-0.39, 0.29) is 11.4 Å². The van der Waals surface area contributed by atoms with Gasteiger partial charge in [-0.15, -0.1) is 0 Å². The molecule has 21 heavy (non-hydrogen) atoms. The minimum absolute atomic E-state index is 0.161. The standard InChI is InChI=1S/C12H17BrN2O4S2/c1-20(16,17)15-7-3-5-11(9-15)14-21(18,19)12-6-2-4-10(13)8-12/h2,4,6,8,11,14H,3,5,7,9H2,1H3. The molecule has 1 aliphatic rings. The maximum atomic E-state index is 12.3. The Kier molecular flexibility index (Phi) is 5.09. The van der Waals surface area contributed by atoms with E-state index in [1.165, 1.54) is 16.4 Å². The van der Waals surface area contributed by atoms with Gasteiger partial charge in [0, 0.05) is 23.6 Å². The molecule has 1 saturated heterocycles. The van der Waals surface area contributed by atoms with Crippen molar-refractivity contribution in [1.29, 1.82) is 0 Å². The lowest BCUT2D eigenvalue weighted by atomic mass is 10.1. The van der Waals surface area contributed by atoms with Crippen LogP contribution in [0.4, 0.5) is 0 Å². The highest BCUT2D eigenvalue weighted by Gasteiger charge is 2.29. The molecule has 1 aromatic carbocycles. The molecule has 1 aliphatic heterocycles. The predicted octanol–water partition coefficient (Wildman–Crippen LogP) is 1.15. The monoisotopic (exact) mass is 396 g/mol. The van der Waals surface area contributed by atoms with E-state index in [1.807, 2.05) is 0 Å². The van der Waals surface area contributed by atoms with Crippen LogP contribution >= 0.6 is 15.9 Å². The van der Waals surface area contributed by atoms with Crippen molar-refractivity contribution in [1.82, 2.24) is 9.03 Å². The first-order valence-corrected chi connectivity index (χ1v) is 10.5. The molecular weight excluding hydrogens is 380 g/mol. The summed E-state index contributed by atoms with van der Waals surface area (Å²) in [5.41, 5.74) is 0. The fourth-order valence-corrected chi connectivity index (χ4v) is 5.03. The molecule has 0 spiro atoms. The Morgan fingerprint density at radius 1 is 1.29 bits per heavy atom. The zero-order chi connectivity index (χ0) is 15.7. The van der Waals surface area contributed by atoms with Crippen LogP contribution in [0.2, 0.25) is 0 Å². The zero-order valence-corrected chi connectivity index (χ0v) is 14.7. The number of benzene rings is 1. The molecule has 1 heterocycles. The lowest BCUT2D eigenvalue weighted by molar-refractivity contribution is 0.305. The molecule has 0 aromatic heterocycles. The largest absolute Gasteiger partial charge is 0.240 e. The van der Waals surface area contributed by atoms with Crippen molar-refractivity contribution in [3.8, 4) is 0 Å². The second-order valence-corrected chi connectivity index (χ2v) is 9.65. The van der Waals surface area contributed by atoms with E-state index in [2.05, 4.69) is 20.7 Å². The number of hydrogen-bond donors (Lipinski definition) is 1. The molecule has 1 unspecified atom stereocenters. The van der Waals surface area contributed by atoms with Gasteiger partial charge in [-0.25, -0.2) is 25.9 Å². The Bertz CT molecular complexity index is 719. The number of nitrogens with zero attached hydrogens (tertiary/aromatic N) is 1. The highest BCUT2D eigenvalue weighted by molar-refractivity contribution is 9.10. The summed E-state index contributed by atoms with van der Waals surface area (Å²) in [6.45, 7) is 0.611. The van der Waals surface area contributed by atoms with Gasteiger partial charge < -0.3 is 0 Å². The third-order valence-corrected chi connectivity index (χ3v) is 6.56. The Balaban J connectivity index is 2.14. The molecular formula is C12H17BrN2O4S2. The van der Waals surface area contributed by atoms with E-state index in [4.69, 9.17) is 0 Å². The van der Waals surface area contributed by atoms with Crippen LogP contribution in [0.3, 0.4) is 0 Å². The number of nitrogens with one attached hydrogen (secondary N) is 1. The van der Waals surface area contributed by atoms with Crippen LogP contribution < -0.4 is 4.72 Å². The molecule has 118 valence electrons. The van der Waals surface area contributed by atoms with E-state index in [1.54, 1.807) is 12.1 Å². The number of hydrogen-bond acceptors (Lipinski definition) is 4. The molecule has 1 aromatic rings. The number of sulfonamides is 2. The van der Waals surface area contributed by atoms with E-state index in [0.717, 1.165) is 6.26 Å². The Hall–Kier alpha value is -0.480. The van der Waals surface area contributed by atoms with Gasteiger partial charge in [-0.2, -0.15) is 0 Å². The third kappa shape index (κ3) is 4.49. The highest BCUT2D eigenvalue weighted by Crippen LogP contribution is 2.19. The van der Waals surface area contributed by atoms with Gasteiger partial charge in [0.05, 0.1) is 11.2 Å². The fraction of sp³-hybridized carbons (Fsp3) is 0.500. The first-order chi connectivity index (χ1) is 9.68. The normalized spacial score (nSPS) is 21.3. The highest BCUT2D eigenvalue weighted by atomic mass is 79.9. The van der Waals surface area contributed by atoms with Crippen LogP contribution in [-0.4, -0.2) is 46.5 Å². The summed E-state index contributed by atoms with van der Waals surface area (Å²) in [6.07, 6.45) is 2.40. The molecule has 9 heteroatoms. The van der Waals surface area contributed by atoms with E-state index < -0.39 is 26.1 Å². The number of piperidine rings is 1. The predicted molar refractivity (Wildman–Crippen MR) is 83.9 cm³/mol. The van der Waals surface area contributed by atoms with Gasteiger partial charge in [0.15, 0.2) is 0 Å². The minimum atomic E-state index is -3.65. The Morgan fingerprint density at radius 2 is 2.00 bits per heavy atom. The summed E-state index contributed by atoms with van der Waals surface area (Å²) in [6, 6.07) is 5.99. The second-order valence-electron chi connectivity index (χ2n) is 5.04.